The number of aromatic nitrogens is 1. The lowest BCUT2D eigenvalue weighted by Crippen LogP contribution is -2.17. The number of carbonyl (C=O) groups excluding carboxylic acids is 1. The van der Waals surface area contributed by atoms with Crippen molar-refractivity contribution in [1.82, 2.24) is 4.57 Å². The van der Waals surface area contributed by atoms with Gasteiger partial charge in [-0.2, -0.15) is 5.26 Å². The summed E-state index contributed by atoms with van der Waals surface area (Å²) in [5, 5.41) is 8.91. The van der Waals surface area contributed by atoms with Crippen molar-refractivity contribution in [3.8, 4) is 6.07 Å². The average molecular weight is 273 g/mol. The van der Waals surface area contributed by atoms with Crippen molar-refractivity contribution in [3.05, 3.63) is 28.6 Å². The summed E-state index contributed by atoms with van der Waals surface area (Å²) in [6.07, 6.45) is 3.99. The molecule has 2 N–H and O–H groups in total. The lowest BCUT2D eigenvalue weighted by atomic mass is 10.1. The number of hydrogen-bond acceptors (Lipinski definition) is 3. The summed E-state index contributed by atoms with van der Waals surface area (Å²) in [5.41, 5.74) is 8.11. The normalized spacial score (nSPS) is 19.1. The molecule has 0 saturated carbocycles. The Balaban J connectivity index is 2.28. The second kappa shape index (κ2) is 5.93. The molecule has 1 aliphatic rings. The van der Waals surface area contributed by atoms with Gasteiger partial charge in [-0.05, 0) is 44.4 Å². The smallest absolute Gasteiger partial charge is 0.259 e. The fourth-order valence-corrected chi connectivity index (χ4v) is 2.56. The number of aryl methyl sites for hydroxylation is 1. The predicted molar refractivity (Wildman–Crippen MR) is 75.7 cm³/mol. The van der Waals surface area contributed by atoms with E-state index in [-0.39, 0.29) is 11.7 Å². The summed E-state index contributed by atoms with van der Waals surface area (Å²) >= 11 is 0. The molecular weight excluding hydrogens is 254 g/mol. The molecule has 1 fully saturated rings. The first kappa shape index (κ1) is 14.4. The van der Waals surface area contributed by atoms with Gasteiger partial charge >= 0.3 is 0 Å². The molecular formula is C15H19N3O2. The first-order valence-corrected chi connectivity index (χ1v) is 6.73. The monoisotopic (exact) mass is 273 g/mol. The molecule has 2 rings (SSSR count). The largest absolute Gasteiger partial charge is 0.376 e. The fraction of sp³-hybridized carbons (Fsp3) is 0.467. The Bertz CT molecular complexity index is 587. The lowest BCUT2D eigenvalue weighted by Gasteiger charge is -2.14. The molecule has 5 heteroatoms. The van der Waals surface area contributed by atoms with E-state index in [1.54, 1.807) is 6.08 Å². The summed E-state index contributed by atoms with van der Waals surface area (Å²) in [7, 11) is 0. The van der Waals surface area contributed by atoms with Gasteiger partial charge in [0.25, 0.3) is 5.91 Å². The third-order valence-corrected chi connectivity index (χ3v) is 3.71. The van der Waals surface area contributed by atoms with Crippen molar-refractivity contribution >= 4 is 12.0 Å². The van der Waals surface area contributed by atoms with Gasteiger partial charge in [-0.1, -0.05) is 0 Å². The van der Waals surface area contributed by atoms with Crippen LogP contribution >= 0.6 is 0 Å². The van der Waals surface area contributed by atoms with Gasteiger partial charge < -0.3 is 15.0 Å². The van der Waals surface area contributed by atoms with Crippen LogP contribution in [-0.4, -0.2) is 23.2 Å². The highest BCUT2D eigenvalue weighted by Crippen LogP contribution is 2.21. The van der Waals surface area contributed by atoms with Gasteiger partial charge in [0.1, 0.15) is 11.6 Å². The van der Waals surface area contributed by atoms with Crippen LogP contribution in [0.1, 0.15) is 29.8 Å². The van der Waals surface area contributed by atoms with Gasteiger partial charge in [-0.25, -0.2) is 0 Å². The topological polar surface area (TPSA) is 81.0 Å². The van der Waals surface area contributed by atoms with Crippen molar-refractivity contribution < 1.29 is 9.53 Å². The number of carbonyl (C=O) groups is 1. The first-order valence-electron chi connectivity index (χ1n) is 6.73. The maximum Gasteiger partial charge on any atom is 0.259 e. The Labute approximate surface area is 118 Å². The molecule has 1 aromatic heterocycles. The third kappa shape index (κ3) is 2.91. The quantitative estimate of drug-likeness (QED) is 0.669. The van der Waals surface area contributed by atoms with Crippen LogP contribution in [-0.2, 0) is 16.1 Å². The van der Waals surface area contributed by atoms with Crippen LogP contribution in [0, 0.1) is 25.2 Å². The zero-order chi connectivity index (χ0) is 14.7. The van der Waals surface area contributed by atoms with Crippen molar-refractivity contribution in [1.29, 1.82) is 5.26 Å². The molecule has 1 aromatic rings. The van der Waals surface area contributed by atoms with E-state index in [2.05, 4.69) is 4.57 Å². The third-order valence-electron chi connectivity index (χ3n) is 3.71. The van der Waals surface area contributed by atoms with E-state index >= 15 is 0 Å². The van der Waals surface area contributed by atoms with E-state index in [1.807, 2.05) is 26.0 Å². The highest BCUT2D eigenvalue weighted by molar-refractivity contribution is 6.00. The molecule has 0 aromatic carbocycles. The summed E-state index contributed by atoms with van der Waals surface area (Å²) in [4.78, 5) is 11.1. The van der Waals surface area contributed by atoms with Crippen molar-refractivity contribution in [2.75, 3.05) is 6.61 Å². The fourth-order valence-electron chi connectivity index (χ4n) is 2.56. The van der Waals surface area contributed by atoms with Crippen LogP contribution in [0.2, 0.25) is 0 Å². The highest BCUT2D eigenvalue weighted by Gasteiger charge is 2.18. The molecule has 106 valence electrons. The number of amides is 1. The van der Waals surface area contributed by atoms with E-state index in [0.717, 1.165) is 42.9 Å². The van der Waals surface area contributed by atoms with Crippen molar-refractivity contribution in [2.24, 2.45) is 5.73 Å². The molecule has 0 spiro atoms. The molecule has 0 bridgehead atoms. The molecule has 1 aliphatic heterocycles. The first-order chi connectivity index (χ1) is 9.52. The Hall–Kier alpha value is -2.06. The minimum absolute atomic E-state index is 0.0256. The van der Waals surface area contributed by atoms with Gasteiger partial charge in [-0.3, -0.25) is 4.79 Å². The number of rotatable bonds is 4. The zero-order valence-corrected chi connectivity index (χ0v) is 11.8. The van der Waals surface area contributed by atoms with Gasteiger partial charge in [-0.15, -0.1) is 0 Å². The van der Waals surface area contributed by atoms with Gasteiger partial charge in [0, 0.05) is 24.5 Å². The Morgan fingerprint density at radius 3 is 2.95 bits per heavy atom. The number of nitriles is 1. The van der Waals surface area contributed by atoms with Crippen molar-refractivity contribution in [3.63, 3.8) is 0 Å². The van der Waals surface area contributed by atoms with E-state index in [0.29, 0.717) is 0 Å². The van der Waals surface area contributed by atoms with Crippen LogP contribution in [0.3, 0.4) is 0 Å². The summed E-state index contributed by atoms with van der Waals surface area (Å²) in [6, 6.07) is 3.79. The molecule has 1 saturated heterocycles. The minimum atomic E-state index is -0.698. The second-order valence-electron chi connectivity index (χ2n) is 5.11. The summed E-state index contributed by atoms with van der Waals surface area (Å²) in [6.45, 7) is 5.63. The molecule has 0 aliphatic carbocycles. The van der Waals surface area contributed by atoms with Crippen molar-refractivity contribution in [2.45, 2.75) is 39.3 Å². The van der Waals surface area contributed by atoms with Crippen LogP contribution in [0.15, 0.2) is 11.6 Å². The lowest BCUT2D eigenvalue weighted by molar-refractivity contribution is -0.114. The molecule has 0 radical (unpaired) electrons. The summed E-state index contributed by atoms with van der Waals surface area (Å²) < 4.78 is 7.82. The zero-order valence-electron chi connectivity index (χ0n) is 11.8. The number of nitrogens with zero attached hydrogens (tertiary/aromatic N) is 2. The van der Waals surface area contributed by atoms with Gasteiger partial charge in [0.2, 0.25) is 0 Å². The number of nitrogens with two attached hydrogens (primary N) is 1. The SMILES string of the molecule is Cc1cc(/C=C(\C#N)C(N)=O)c(C)n1C[C@@H]1CCCO1. The minimum Gasteiger partial charge on any atom is -0.376 e. The van der Waals surface area contributed by atoms with Crippen LogP contribution in [0.25, 0.3) is 6.08 Å². The Morgan fingerprint density at radius 2 is 2.40 bits per heavy atom. The molecule has 2 heterocycles. The Morgan fingerprint density at radius 1 is 1.65 bits per heavy atom. The number of ether oxygens (including phenoxy) is 1. The van der Waals surface area contributed by atoms with E-state index in [9.17, 15) is 4.79 Å². The van der Waals surface area contributed by atoms with Crippen LogP contribution in [0.5, 0.6) is 0 Å². The van der Waals surface area contributed by atoms with Crippen LogP contribution < -0.4 is 5.73 Å². The highest BCUT2D eigenvalue weighted by atomic mass is 16.5. The predicted octanol–water partition coefficient (Wildman–Crippen LogP) is 1.68. The van der Waals surface area contributed by atoms with E-state index in [1.165, 1.54) is 0 Å². The van der Waals surface area contributed by atoms with Crippen LogP contribution in [0.4, 0.5) is 0 Å². The molecule has 1 atom stereocenters. The molecule has 0 unspecified atom stereocenters. The average Bonchev–Trinajstić information content (AvgIpc) is 3.00. The van der Waals surface area contributed by atoms with Gasteiger partial charge in [0.05, 0.1) is 6.10 Å². The molecule has 20 heavy (non-hydrogen) atoms. The second-order valence-corrected chi connectivity index (χ2v) is 5.11. The standard InChI is InChI=1S/C15H19N3O2/c1-10-6-12(7-13(8-16)15(17)19)11(2)18(10)9-14-4-3-5-20-14/h6-7,14H,3-5,9H2,1-2H3,(H2,17,19)/b13-7+/t14-/m0/s1. The number of primary amides is 1. The Kier molecular flexibility index (Phi) is 4.26. The van der Waals surface area contributed by atoms with Gasteiger partial charge in [0.15, 0.2) is 0 Å². The van der Waals surface area contributed by atoms with E-state index in [4.69, 9.17) is 15.7 Å². The summed E-state index contributed by atoms with van der Waals surface area (Å²) in [5.74, 6) is -0.698. The number of hydrogen-bond donors (Lipinski definition) is 1. The molecule has 5 nitrogen and oxygen atoms in total. The van der Waals surface area contributed by atoms with E-state index < -0.39 is 5.91 Å². The molecule has 1 amide bonds. The maximum atomic E-state index is 11.1. The maximum absolute atomic E-state index is 11.1.